The Balaban J connectivity index is 2.93. The van der Waals surface area contributed by atoms with Crippen LogP contribution in [-0.2, 0) is 13.5 Å². The van der Waals surface area contributed by atoms with Gasteiger partial charge < -0.3 is 5.73 Å². The maximum absolute atomic E-state index is 6.25. The lowest BCUT2D eigenvalue weighted by atomic mass is 9.81. The average Bonchev–Trinajstić information content (AvgIpc) is 2.46. The highest BCUT2D eigenvalue weighted by atomic mass is 35.5. The molecule has 0 spiro atoms. The van der Waals surface area contributed by atoms with E-state index in [-0.39, 0.29) is 5.41 Å². The first-order chi connectivity index (χ1) is 7.43. The summed E-state index contributed by atoms with van der Waals surface area (Å²) in [7, 11) is 1.94. The van der Waals surface area contributed by atoms with Gasteiger partial charge in [0.1, 0.15) is 0 Å². The molecule has 92 valence electrons. The van der Waals surface area contributed by atoms with Gasteiger partial charge in [-0.25, -0.2) is 0 Å². The summed E-state index contributed by atoms with van der Waals surface area (Å²) in [5.74, 6) is 0. The van der Waals surface area contributed by atoms with Crippen molar-refractivity contribution in [3.63, 3.8) is 0 Å². The minimum absolute atomic E-state index is 0.124. The molecule has 0 bridgehead atoms. The number of aryl methyl sites for hydroxylation is 2. The molecule has 0 aromatic carbocycles. The zero-order chi connectivity index (χ0) is 12.3. The Morgan fingerprint density at radius 2 is 2.12 bits per heavy atom. The average molecular weight is 244 g/mol. The molecule has 1 aromatic rings. The molecule has 0 aliphatic carbocycles. The summed E-state index contributed by atoms with van der Waals surface area (Å²) < 4.78 is 1.88. The van der Waals surface area contributed by atoms with Crippen LogP contribution in [0, 0.1) is 12.3 Å². The summed E-state index contributed by atoms with van der Waals surface area (Å²) in [6.45, 7) is 7.02. The van der Waals surface area contributed by atoms with Gasteiger partial charge in [0.15, 0.2) is 0 Å². The molecule has 4 heteroatoms. The first kappa shape index (κ1) is 13.5. The molecule has 0 saturated carbocycles. The van der Waals surface area contributed by atoms with Crippen molar-refractivity contribution in [1.82, 2.24) is 9.78 Å². The Labute approximate surface area is 103 Å². The number of hydrogen-bond acceptors (Lipinski definition) is 2. The van der Waals surface area contributed by atoms with Crippen molar-refractivity contribution in [1.29, 1.82) is 0 Å². The maximum atomic E-state index is 6.25. The lowest BCUT2D eigenvalue weighted by Gasteiger charge is -2.27. The van der Waals surface area contributed by atoms with Crippen LogP contribution in [-0.4, -0.2) is 16.3 Å². The molecule has 1 atom stereocenters. The van der Waals surface area contributed by atoms with Crippen molar-refractivity contribution in [3.05, 3.63) is 16.4 Å². The highest BCUT2D eigenvalue weighted by molar-refractivity contribution is 6.31. The predicted molar refractivity (Wildman–Crippen MR) is 68.7 cm³/mol. The second kappa shape index (κ2) is 5.19. The van der Waals surface area contributed by atoms with Crippen LogP contribution in [0.1, 0.15) is 38.1 Å². The van der Waals surface area contributed by atoms with E-state index in [1.807, 2.05) is 18.7 Å². The predicted octanol–water partition coefficient (Wildman–Crippen LogP) is 2.69. The van der Waals surface area contributed by atoms with Gasteiger partial charge in [-0.15, -0.1) is 0 Å². The fourth-order valence-electron chi connectivity index (χ4n) is 2.14. The van der Waals surface area contributed by atoms with Crippen LogP contribution in [0.4, 0.5) is 0 Å². The number of hydrogen-bond donors (Lipinski definition) is 1. The minimum atomic E-state index is 0.124. The number of nitrogens with zero attached hydrogens (tertiary/aromatic N) is 2. The Hall–Kier alpha value is -0.540. The van der Waals surface area contributed by atoms with Crippen LogP contribution in [0.2, 0.25) is 5.02 Å². The van der Waals surface area contributed by atoms with Crippen LogP contribution < -0.4 is 5.73 Å². The fraction of sp³-hybridized carbons (Fsp3) is 0.750. The molecule has 0 aliphatic heterocycles. The van der Waals surface area contributed by atoms with E-state index in [0.717, 1.165) is 35.7 Å². The van der Waals surface area contributed by atoms with E-state index in [4.69, 9.17) is 17.3 Å². The molecule has 1 rings (SSSR count). The van der Waals surface area contributed by atoms with Gasteiger partial charge >= 0.3 is 0 Å². The topological polar surface area (TPSA) is 43.8 Å². The molecule has 3 nitrogen and oxygen atoms in total. The van der Waals surface area contributed by atoms with Crippen molar-refractivity contribution in [2.75, 3.05) is 6.54 Å². The zero-order valence-electron chi connectivity index (χ0n) is 10.7. The zero-order valence-corrected chi connectivity index (χ0v) is 11.4. The van der Waals surface area contributed by atoms with E-state index in [2.05, 4.69) is 18.9 Å². The van der Waals surface area contributed by atoms with Gasteiger partial charge in [0.25, 0.3) is 0 Å². The molecule has 0 aliphatic rings. The van der Waals surface area contributed by atoms with E-state index in [9.17, 15) is 0 Å². The Bertz CT molecular complexity index is 359. The van der Waals surface area contributed by atoms with Gasteiger partial charge in [-0.05, 0) is 31.7 Å². The number of rotatable bonds is 5. The number of halogens is 1. The van der Waals surface area contributed by atoms with Crippen molar-refractivity contribution >= 4 is 11.6 Å². The summed E-state index contributed by atoms with van der Waals surface area (Å²) in [5.41, 5.74) is 7.99. The molecule has 1 heterocycles. The summed E-state index contributed by atoms with van der Waals surface area (Å²) in [5, 5.41) is 5.12. The molecule has 0 saturated heterocycles. The first-order valence-electron chi connectivity index (χ1n) is 5.81. The summed E-state index contributed by atoms with van der Waals surface area (Å²) >= 11 is 6.25. The van der Waals surface area contributed by atoms with E-state index in [1.54, 1.807) is 0 Å². The molecular formula is C12H22ClN3. The monoisotopic (exact) mass is 243 g/mol. The SMILES string of the molecule is CCCC(C)(CN)Cc1c(Cl)c(C)nn1C. The minimum Gasteiger partial charge on any atom is -0.330 e. The number of aromatic nitrogens is 2. The van der Waals surface area contributed by atoms with Gasteiger partial charge in [-0.1, -0.05) is 31.9 Å². The van der Waals surface area contributed by atoms with Crippen molar-refractivity contribution < 1.29 is 0 Å². The molecule has 1 unspecified atom stereocenters. The molecule has 0 amide bonds. The van der Waals surface area contributed by atoms with Gasteiger partial charge in [-0.3, -0.25) is 4.68 Å². The van der Waals surface area contributed by atoms with E-state index in [1.165, 1.54) is 0 Å². The largest absolute Gasteiger partial charge is 0.330 e. The van der Waals surface area contributed by atoms with Crippen LogP contribution in [0.3, 0.4) is 0 Å². The Kier molecular flexibility index (Phi) is 4.39. The Morgan fingerprint density at radius 1 is 1.50 bits per heavy atom. The second-order valence-corrected chi connectivity index (χ2v) is 5.29. The van der Waals surface area contributed by atoms with E-state index < -0.39 is 0 Å². The van der Waals surface area contributed by atoms with Gasteiger partial charge in [0, 0.05) is 7.05 Å². The van der Waals surface area contributed by atoms with Gasteiger partial charge in [0.2, 0.25) is 0 Å². The highest BCUT2D eigenvalue weighted by Gasteiger charge is 2.25. The van der Waals surface area contributed by atoms with E-state index in [0.29, 0.717) is 6.54 Å². The molecular weight excluding hydrogens is 222 g/mol. The lowest BCUT2D eigenvalue weighted by Crippen LogP contribution is -2.30. The first-order valence-corrected chi connectivity index (χ1v) is 6.19. The third-order valence-electron chi connectivity index (χ3n) is 3.20. The van der Waals surface area contributed by atoms with Gasteiger partial charge in [-0.2, -0.15) is 5.10 Å². The third-order valence-corrected chi connectivity index (χ3v) is 3.69. The fourth-order valence-corrected chi connectivity index (χ4v) is 2.37. The molecule has 0 fully saturated rings. The van der Waals surface area contributed by atoms with Crippen LogP contribution in [0.25, 0.3) is 0 Å². The van der Waals surface area contributed by atoms with Crippen molar-refractivity contribution in [2.24, 2.45) is 18.2 Å². The molecule has 2 N–H and O–H groups in total. The normalized spacial score (nSPS) is 15.1. The van der Waals surface area contributed by atoms with Crippen LogP contribution >= 0.6 is 11.6 Å². The number of nitrogens with two attached hydrogens (primary N) is 1. The van der Waals surface area contributed by atoms with Crippen LogP contribution in [0.5, 0.6) is 0 Å². The van der Waals surface area contributed by atoms with E-state index >= 15 is 0 Å². The summed E-state index contributed by atoms with van der Waals surface area (Å²) in [6, 6.07) is 0. The molecule has 1 aromatic heterocycles. The molecule has 0 radical (unpaired) electrons. The Morgan fingerprint density at radius 3 is 2.50 bits per heavy atom. The third kappa shape index (κ3) is 2.77. The summed E-state index contributed by atoms with van der Waals surface area (Å²) in [6.07, 6.45) is 3.15. The maximum Gasteiger partial charge on any atom is 0.0847 e. The summed E-state index contributed by atoms with van der Waals surface area (Å²) in [4.78, 5) is 0. The molecule has 16 heavy (non-hydrogen) atoms. The standard InChI is InChI=1S/C12H22ClN3/c1-5-6-12(3,8-14)7-10-11(13)9(2)15-16(10)4/h5-8,14H2,1-4H3. The van der Waals surface area contributed by atoms with Crippen molar-refractivity contribution in [3.8, 4) is 0 Å². The highest BCUT2D eigenvalue weighted by Crippen LogP contribution is 2.31. The van der Waals surface area contributed by atoms with Gasteiger partial charge in [0.05, 0.1) is 16.4 Å². The van der Waals surface area contributed by atoms with Crippen molar-refractivity contribution in [2.45, 2.75) is 40.0 Å². The second-order valence-electron chi connectivity index (χ2n) is 4.91. The smallest absolute Gasteiger partial charge is 0.0847 e. The van der Waals surface area contributed by atoms with Crippen LogP contribution in [0.15, 0.2) is 0 Å². The quantitative estimate of drug-likeness (QED) is 0.864. The lowest BCUT2D eigenvalue weighted by molar-refractivity contribution is 0.295.